The molecule has 1 heterocycles. The molecular formula is C24H23F3N2O8. The van der Waals surface area contributed by atoms with Gasteiger partial charge in [-0.25, -0.2) is 0 Å². The smallest absolute Gasteiger partial charge is 0.511 e. The molecule has 3 aliphatic carbocycles. The van der Waals surface area contributed by atoms with E-state index in [0.29, 0.717) is 19.4 Å². The minimum Gasteiger partial charge on any atom is -0.511 e. The summed E-state index contributed by atoms with van der Waals surface area (Å²) in [4.78, 5) is 38.2. The van der Waals surface area contributed by atoms with Crippen LogP contribution in [0.15, 0.2) is 28.7 Å². The van der Waals surface area contributed by atoms with E-state index >= 15 is 0 Å². The number of Topliss-reactive ketones (excluding diaryl/α,β-unsaturated/α-hetero) is 2. The van der Waals surface area contributed by atoms with Crippen LogP contribution in [0.4, 0.5) is 13.2 Å². The predicted molar refractivity (Wildman–Crippen MR) is 117 cm³/mol. The molecule has 7 N–H and O–H groups in total. The fourth-order valence-electron chi connectivity index (χ4n) is 6.14. The second-order valence-electron chi connectivity index (χ2n) is 9.77. The van der Waals surface area contributed by atoms with Crippen molar-refractivity contribution in [1.82, 2.24) is 5.32 Å². The highest BCUT2D eigenvalue weighted by Crippen LogP contribution is 2.53. The Hall–Kier alpha value is -3.58. The van der Waals surface area contributed by atoms with Crippen molar-refractivity contribution in [2.24, 2.45) is 17.6 Å². The standard InChI is InChI=1S/C24H23F3N2O8/c25-24(26,27)37-19-10(12-2-1-3-29-12)7-14(31)16-11(19)5-8-4-9-6-13(30)17(22(28)35)21(34)23(9,36)20(33)15(8)18(16)32/h7-9,12,29-31,33,36H,1-6H2,(H2,28,35)/t8?,9-,12?,23-/m0/s1. The van der Waals surface area contributed by atoms with Crippen LogP contribution in [0.5, 0.6) is 11.5 Å². The molecule has 1 aliphatic heterocycles. The van der Waals surface area contributed by atoms with Crippen LogP contribution in [0.1, 0.15) is 53.2 Å². The number of aliphatic hydroxyl groups excluding tert-OH is 2. The fourth-order valence-corrected chi connectivity index (χ4v) is 6.14. The number of aliphatic hydroxyl groups is 3. The third-order valence-corrected chi connectivity index (χ3v) is 7.69. The third kappa shape index (κ3) is 3.67. The first-order valence-electron chi connectivity index (χ1n) is 11.6. The Morgan fingerprint density at radius 1 is 1.19 bits per heavy atom. The van der Waals surface area contributed by atoms with E-state index in [1.807, 2.05) is 0 Å². The summed E-state index contributed by atoms with van der Waals surface area (Å²) < 4.78 is 44.7. The Balaban J connectivity index is 1.69. The second kappa shape index (κ2) is 8.21. The number of nitrogens with one attached hydrogen (secondary N) is 1. The lowest BCUT2D eigenvalue weighted by Crippen LogP contribution is -2.57. The Labute approximate surface area is 207 Å². The number of ketones is 2. The Bertz CT molecular complexity index is 1310. The molecule has 0 bridgehead atoms. The molecule has 1 saturated heterocycles. The number of ether oxygens (including phenoxy) is 1. The molecule has 198 valence electrons. The highest BCUT2D eigenvalue weighted by molar-refractivity contribution is 6.24. The molecule has 0 spiro atoms. The Morgan fingerprint density at radius 2 is 1.89 bits per heavy atom. The zero-order valence-electron chi connectivity index (χ0n) is 19.2. The summed E-state index contributed by atoms with van der Waals surface area (Å²) in [6.07, 6.45) is -4.91. The van der Waals surface area contributed by atoms with E-state index in [-0.39, 0.29) is 24.0 Å². The monoisotopic (exact) mass is 524 g/mol. The largest absolute Gasteiger partial charge is 0.573 e. The van der Waals surface area contributed by atoms with Crippen molar-refractivity contribution in [2.75, 3.05) is 6.54 Å². The van der Waals surface area contributed by atoms with Crippen LogP contribution in [-0.2, 0) is 16.0 Å². The van der Waals surface area contributed by atoms with Crippen LogP contribution in [-0.4, -0.2) is 56.4 Å². The van der Waals surface area contributed by atoms with Gasteiger partial charge in [0.1, 0.15) is 28.6 Å². The number of hydrogen-bond acceptors (Lipinski definition) is 9. The van der Waals surface area contributed by atoms with Crippen LogP contribution in [0.2, 0.25) is 0 Å². The molecule has 37 heavy (non-hydrogen) atoms. The van der Waals surface area contributed by atoms with Gasteiger partial charge in [-0.2, -0.15) is 0 Å². The van der Waals surface area contributed by atoms with E-state index in [0.717, 1.165) is 6.07 Å². The molecule has 1 aromatic rings. The molecule has 2 unspecified atom stereocenters. The van der Waals surface area contributed by atoms with Gasteiger partial charge in [0.25, 0.3) is 5.91 Å². The van der Waals surface area contributed by atoms with E-state index < -0.39 is 93.5 Å². The number of primary amides is 1. The molecular weight excluding hydrogens is 501 g/mol. The summed E-state index contributed by atoms with van der Waals surface area (Å²) in [6.45, 7) is 0.537. The minimum absolute atomic E-state index is 0.0300. The first-order chi connectivity index (χ1) is 17.3. The van der Waals surface area contributed by atoms with Crippen molar-refractivity contribution < 1.29 is 52.7 Å². The molecule has 0 radical (unpaired) electrons. The van der Waals surface area contributed by atoms with Gasteiger partial charge in [0.2, 0.25) is 5.78 Å². The van der Waals surface area contributed by atoms with Crippen LogP contribution >= 0.6 is 0 Å². The van der Waals surface area contributed by atoms with Crippen molar-refractivity contribution in [3.8, 4) is 11.5 Å². The van der Waals surface area contributed by atoms with E-state index in [9.17, 15) is 48.0 Å². The van der Waals surface area contributed by atoms with Crippen LogP contribution in [0.25, 0.3) is 0 Å². The number of carbonyl (C=O) groups excluding carboxylic acids is 3. The van der Waals surface area contributed by atoms with Gasteiger partial charge in [-0.3, -0.25) is 14.4 Å². The minimum atomic E-state index is -5.11. The number of halogens is 3. The SMILES string of the molecule is NC(=O)C1=C(O)C[C@@H]2CC3Cc4c(OC(F)(F)F)c(C5CCCN5)cc(O)c4C(=O)C3=C(O)[C@]2(O)C1=O. The van der Waals surface area contributed by atoms with Crippen LogP contribution < -0.4 is 15.8 Å². The van der Waals surface area contributed by atoms with Gasteiger partial charge >= 0.3 is 6.36 Å². The lowest BCUT2D eigenvalue weighted by molar-refractivity contribution is -0.275. The maximum atomic E-state index is 13.5. The Kier molecular flexibility index (Phi) is 5.57. The van der Waals surface area contributed by atoms with E-state index in [1.54, 1.807) is 0 Å². The molecule has 5 rings (SSSR count). The van der Waals surface area contributed by atoms with Gasteiger partial charge in [0, 0.05) is 35.1 Å². The lowest BCUT2D eigenvalue weighted by atomic mass is 9.60. The molecule has 1 aromatic carbocycles. The van der Waals surface area contributed by atoms with Crippen molar-refractivity contribution >= 4 is 17.5 Å². The molecule has 13 heteroatoms. The quantitative estimate of drug-likeness (QED) is 0.322. The van der Waals surface area contributed by atoms with E-state index in [4.69, 9.17) is 5.73 Å². The third-order valence-electron chi connectivity index (χ3n) is 7.69. The van der Waals surface area contributed by atoms with Gasteiger partial charge in [0.15, 0.2) is 11.4 Å². The number of phenolic OH excluding ortho intramolecular Hbond substituents is 1. The molecule has 10 nitrogen and oxygen atoms in total. The van der Waals surface area contributed by atoms with Crippen LogP contribution in [0.3, 0.4) is 0 Å². The van der Waals surface area contributed by atoms with E-state index in [1.165, 1.54) is 0 Å². The number of hydrogen-bond donors (Lipinski definition) is 6. The Morgan fingerprint density at radius 3 is 2.49 bits per heavy atom. The summed E-state index contributed by atoms with van der Waals surface area (Å²) in [7, 11) is 0. The molecule has 1 fully saturated rings. The zero-order valence-corrected chi connectivity index (χ0v) is 19.2. The summed E-state index contributed by atoms with van der Waals surface area (Å²) >= 11 is 0. The van der Waals surface area contributed by atoms with Gasteiger partial charge in [0.05, 0.1) is 5.56 Å². The maximum absolute atomic E-state index is 13.5. The van der Waals surface area contributed by atoms with Gasteiger partial charge in [-0.15, -0.1) is 13.2 Å². The molecule has 4 atom stereocenters. The average Bonchev–Trinajstić information content (AvgIpc) is 3.31. The van der Waals surface area contributed by atoms with Crippen molar-refractivity contribution in [3.05, 3.63) is 45.4 Å². The van der Waals surface area contributed by atoms with Gasteiger partial charge < -0.3 is 36.2 Å². The number of carbonyl (C=O) groups is 3. The summed E-state index contributed by atoms with van der Waals surface area (Å²) in [5.41, 5.74) is 0.288. The topological polar surface area (TPSA) is 179 Å². The van der Waals surface area contributed by atoms with Crippen molar-refractivity contribution in [2.45, 2.75) is 50.1 Å². The van der Waals surface area contributed by atoms with Crippen LogP contribution in [0, 0.1) is 11.8 Å². The number of amides is 1. The van der Waals surface area contributed by atoms with E-state index in [2.05, 4.69) is 10.1 Å². The number of aromatic hydroxyl groups is 1. The van der Waals surface area contributed by atoms with Crippen molar-refractivity contribution in [1.29, 1.82) is 0 Å². The number of alkyl halides is 3. The normalized spacial score (nSPS) is 29.7. The van der Waals surface area contributed by atoms with Gasteiger partial charge in [-0.05, 0) is 44.2 Å². The number of rotatable bonds is 3. The number of nitrogens with two attached hydrogens (primary N) is 1. The molecule has 0 saturated carbocycles. The summed E-state index contributed by atoms with van der Waals surface area (Å²) in [5, 5.41) is 46.2. The number of phenols is 1. The number of fused-ring (bicyclic) bond motifs is 3. The fraction of sp³-hybridized carbons (Fsp3) is 0.458. The zero-order chi connectivity index (χ0) is 27.0. The predicted octanol–water partition coefficient (Wildman–Crippen LogP) is 1.90. The first kappa shape index (κ1) is 25.1. The summed E-state index contributed by atoms with van der Waals surface area (Å²) in [6, 6.07) is 0.451. The van der Waals surface area contributed by atoms with Gasteiger partial charge in [-0.1, -0.05) is 0 Å². The molecule has 0 aromatic heterocycles. The molecule has 4 aliphatic rings. The number of benzene rings is 1. The second-order valence-corrected chi connectivity index (χ2v) is 9.77. The highest BCUT2D eigenvalue weighted by Gasteiger charge is 2.60. The summed E-state index contributed by atoms with van der Waals surface area (Å²) in [5.74, 6) is -9.04. The highest BCUT2D eigenvalue weighted by atomic mass is 19.4. The molecule has 1 amide bonds. The lowest BCUT2D eigenvalue weighted by Gasteiger charge is -2.45. The van der Waals surface area contributed by atoms with Crippen molar-refractivity contribution in [3.63, 3.8) is 0 Å². The maximum Gasteiger partial charge on any atom is 0.573 e. The first-order valence-corrected chi connectivity index (χ1v) is 11.6. The number of allylic oxidation sites excluding steroid dienone is 2. The average molecular weight is 524 g/mol.